The maximum absolute atomic E-state index is 12.6. The lowest BCUT2D eigenvalue weighted by Crippen LogP contribution is -2.26. The van der Waals surface area contributed by atoms with Gasteiger partial charge in [0.1, 0.15) is 5.69 Å². The van der Waals surface area contributed by atoms with Crippen molar-refractivity contribution in [1.29, 1.82) is 0 Å². The first-order valence-corrected chi connectivity index (χ1v) is 9.34. The van der Waals surface area contributed by atoms with Crippen molar-refractivity contribution in [2.45, 2.75) is 19.4 Å². The van der Waals surface area contributed by atoms with Crippen molar-refractivity contribution in [1.82, 2.24) is 29.8 Å². The summed E-state index contributed by atoms with van der Waals surface area (Å²) in [5, 5.41) is 0. The molecule has 1 aliphatic heterocycles. The lowest BCUT2D eigenvalue weighted by atomic mass is 10.1. The quantitative estimate of drug-likeness (QED) is 0.732. The van der Waals surface area contributed by atoms with Crippen molar-refractivity contribution in [3.8, 4) is 11.5 Å². The smallest absolute Gasteiger partial charge is 0.254 e. The normalized spacial score (nSPS) is 14.4. The van der Waals surface area contributed by atoms with Crippen LogP contribution in [-0.4, -0.2) is 57.0 Å². The van der Waals surface area contributed by atoms with E-state index in [0.29, 0.717) is 23.9 Å². The molecule has 3 aromatic rings. The second-order valence-electron chi connectivity index (χ2n) is 7.12. The molecule has 8 nitrogen and oxygen atoms in total. The van der Waals surface area contributed by atoms with Gasteiger partial charge in [-0.1, -0.05) is 6.07 Å². The molecule has 0 amide bonds. The van der Waals surface area contributed by atoms with E-state index in [4.69, 9.17) is 4.98 Å². The van der Waals surface area contributed by atoms with Crippen LogP contribution in [-0.2, 0) is 19.4 Å². The predicted molar refractivity (Wildman–Crippen MR) is 107 cm³/mol. The van der Waals surface area contributed by atoms with Crippen LogP contribution >= 0.6 is 0 Å². The summed E-state index contributed by atoms with van der Waals surface area (Å²) >= 11 is 0. The molecule has 4 heterocycles. The summed E-state index contributed by atoms with van der Waals surface area (Å²) < 4.78 is 0. The zero-order chi connectivity index (χ0) is 19.5. The van der Waals surface area contributed by atoms with Gasteiger partial charge in [-0.15, -0.1) is 0 Å². The van der Waals surface area contributed by atoms with Crippen LogP contribution in [0, 0.1) is 0 Å². The number of nitrogens with one attached hydrogen (secondary N) is 1. The summed E-state index contributed by atoms with van der Waals surface area (Å²) in [5.41, 5.74) is 3.33. The molecule has 144 valence electrons. The highest BCUT2D eigenvalue weighted by atomic mass is 16.1. The third-order valence-electron chi connectivity index (χ3n) is 4.85. The maximum Gasteiger partial charge on any atom is 0.254 e. The Kier molecular flexibility index (Phi) is 5.12. The van der Waals surface area contributed by atoms with Gasteiger partial charge in [-0.25, -0.2) is 15.0 Å². The minimum Gasteiger partial charge on any atom is -0.347 e. The monoisotopic (exact) mass is 377 g/mol. The van der Waals surface area contributed by atoms with Crippen molar-refractivity contribution >= 4 is 5.95 Å². The third-order valence-corrected chi connectivity index (χ3v) is 4.85. The van der Waals surface area contributed by atoms with Gasteiger partial charge in [0.2, 0.25) is 5.95 Å². The van der Waals surface area contributed by atoms with Crippen LogP contribution in [0.4, 0.5) is 5.95 Å². The van der Waals surface area contributed by atoms with E-state index >= 15 is 0 Å². The van der Waals surface area contributed by atoms with Crippen LogP contribution in [0.2, 0.25) is 0 Å². The maximum atomic E-state index is 12.6. The van der Waals surface area contributed by atoms with Crippen LogP contribution in [0.3, 0.4) is 0 Å². The molecule has 0 unspecified atom stereocenters. The average Bonchev–Trinajstić information content (AvgIpc) is 2.92. The fourth-order valence-electron chi connectivity index (χ4n) is 3.36. The number of pyridine rings is 1. The Labute approximate surface area is 163 Å². The highest BCUT2D eigenvalue weighted by Gasteiger charge is 2.19. The number of nitrogens with zero attached hydrogens (tertiary/aromatic N) is 6. The predicted octanol–water partition coefficient (Wildman–Crippen LogP) is 1.29. The molecule has 0 fully saturated rings. The molecule has 1 N–H and O–H groups in total. The van der Waals surface area contributed by atoms with Crippen LogP contribution in [0.5, 0.6) is 0 Å². The Balaban J connectivity index is 1.50. The summed E-state index contributed by atoms with van der Waals surface area (Å²) in [7, 11) is 3.84. The molecule has 0 atom stereocenters. The number of anilines is 1. The molecule has 1 aliphatic rings. The second kappa shape index (κ2) is 7.85. The van der Waals surface area contributed by atoms with Gasteiger partial charge in [-0.3, -0.25) is 14.7 Å². The number of hydrogen-bond acceptors (Lipinski definition) is 7. The zero-order valence-corrected chi connectivity index (χ0v) is 16.1. The first kappa shape index (κ1) is 18.2. The highest BCUT2D eigenvalue weighted by molar-refractivity contribution is 5.49. The van der Waals surface area contributed by atoms with E-state index in [2.05, 4.69) is 24.8 Å². The van der Waals surface area contributed by atoms with Crippen molar-refractivity contribution < 1.29 is 0 Å². The summed E-state index contributed by atoms with van der Waals surface area (Å²) in [6, 6.07) is 5.59. The molecule has 3 aromatic heterocycles. The SMILES string of the molecule is CN(C)c1ncc(CN2CCc3nc(-c4ccccn4)[nH]c(=O)c3CC2)cn1. The van der Waals surface area contributed by atoms with E-state index in [-0.39, 0.29) is 5.56 Å². The van der Waals surface area contributed by atoms with Gasteiger partial charge in [-0.2, -0.15) is 0 Å². The van der Waals surface area contributed by atoms with Crippen molar-refractivity contribution in [2.75, 3.05) is 32.1 Å². The number of aromatic nitrogens is 5. The molecule has 0 saturated heterocycles. The number of H-pyrrole nitrogens is 1. The highest BCUT2D eigenvalue weighted by Crippen LogP contribution is 2.16. The molecule has 0 bridgehead atoms. The van der Waals surface area contributed by atoms with Gasteiger partial charge < -0.3 is 9.88 Å². The van der Waals surface area contributed by atoms with Gasteiger partial charge in [0.05, 0.1) is 5.69 Å². The van der Waals surface area contributed by atoms with Gasteiger partial charge >= 0.3 is 0 Å². The fraction of sp³-hybridized carbons (Fsp3) is 0.350. The lowest BCUT2D eigenvalue weighted by Gasteiger charge is -2.19. The van der Waals surface area contributed by atoms with Crippen LogP contribution in [0.25, 0.3) is 11.5 Å². The lowest BCUT2D eigenvalue weighted by molar-refractivity contribution is 0.278. The Morgan fingerprint density at radius 1 is 1.11 bits per heavy atom. The molecule has 0 spiro atoms. The summed E-state index contributed by atoms with van der Waals surface area (Å²) in [4.78, 5) is 37.4. The van der Waals surface area contributed by atoms with E-state index in [1.807, 2.05) is 49.6 Å². The van der Waals surface area contributed by atoms with Crippen LogP contribution in [0.1, 0.15) is 16.8 Å². The third kappa shape index (κ3) is 3.91. The van der Waals surface area contributed by atoms with Crippen LogP contribution in [0.15, 0.2) is 41.6 Å². The molecule has 4 rings (SSSR count). The Morgan fingerprint density at radius 2 is 1.89 bits per heavy atom. The van der Waals surface area contributed by atoms with Crippen LogP contribution < -0.4 is 10.5 Å². The van der Waals surface area contributed by atoms with E-state index in [1.165, 1.54) is 0 Å². The van der Waals surface area contributed by atoms with E-state index in [0.717, 1.165) is 42.9 Å². The van der Waals surface area contributed by atoms with E-state index in [9.17, 15) is 4.79 Å². The number of hydrogen-bond donors (Lipinski definition) is 1. The summed E-state index contributed by atoms with van der Waals surface area (Å²) in [6.45, 7) is 2.39. The molecule has 28 heavy (non-hydrogen) atoms. The first-order valence-electron chi connectivity index (χ1n) is 9.34. The van der Waals surface area contributed by atoms with Gasteiger partial charge in [0.25, 0.3) is 5.56 Å². The Bertz CT molecular complexity index is 999. The Morgan fingerprint density at radius 3 is 2.61 bits per heavy atom. The second-order valence-corrected chi connectivity index (χ2v) is 7.12. The standard InChI is InChI=1S/C20H23N7O/c1-26(2)20-22-11-14(12-23-20)13-27-9-6-15-16(7-10-27)24-18(25-19(15)28)17-5-3-4-8-21-17/h3-5,8,11-12H,6-7,9-10,13H2,1-2H3,(H,24,25,28). The van der Waals surface area contributed by atoms with E-state index in [1.54, 1.807) is 6.20 Å². The summed E-state index contributed by atoms with van der Waals surface area (Å²) in [5.74, 6) is 1.23. The van der Waals surface area contributed by atoms with E-state index < -0.39 is 0 Å². The Hall–Kier alpha value is -3.13. The molecule has 0 saturated carbocycles. The largest absolute Gasteiger partial charge is 0.347 e. The first-order chi connectivity index (χ1) is 13.6. The number of fused-ring (bicyclic) bond motifs is 1. The van der Waals surface area contributed by atoms with Gasteiger partial charge in [0, 0.05) is 69.9 Å². The van der Waals surface area contributed by atoms with Crippen molar-refractivity contribution in [3.05, 3.63) is 64.0 Å². The van der Waals surface area contributed by atoms with Crippen molar-refractivity contribution in [3.63, 3.8) is 0 Å². The zero-order valence-electron chi connectivity index (χ0n) is 16.1. The molecule has 0 aromatic carbocycles. The van der Waals surface area contributed by atoms with Gasteiger partial charge in [0.15, 0.2) is 5.82 Å². The number of rotatable bonds is 4. The molecular formula is C20H23N7O. The molecule has 0 radical (unpaired) electrons. The average molecular weight is 377 g/mol. The molecular weight excluding hydrogens is 354 g/mol. The topological polar surface area (TPSA) is 90.9 Å². The summed E-state index contributed by atoms with van der Waals surface area (Å²) in [6.07, 6.45) is 6.84. The van der Waals surface area contributed by atoms with Gasteiger partial charge in [-0.05, 0) is 18.6 Å². The van der Waals surface area contributed by atoms with Crippen molar-refractivity contribution in [2.24, 2.45) is 0 Å². The number of aromatic amines is 1. The molecule has 0 aliphatic carbocycles. The minimum atomic E-state index is -0.0637. The minimum absolute atomic E-state index is 0.0637. The molecule has 8 heteroatoms. The fourth-order valence-corrected chi connectivity index (χ4v) is 3.36.